The van der Waals surface area contributed by atoms with E-state index in [0.29, 0.717) is 11.8 Å². The van der Waals surface area contributed by atoms with E-state index in [1.165, 1.54) is 5.56 Å². The van der Waals surface area contributed by atoms with Crippen LogP contribution in [0.1, 0.15) is 71.4 Å². The maximum Gasteiger partial charge on any atom is 0.241 e. The van der Waals surface area contributed by atoms with Crippen LogP contribution < -0.4 is 11.1 Å². The summed E-state index contributed by atoms with van der Waals surface area (Å²) in [4.78, 5) is 12.3. The van der Waals surface area contributed by atoms with Gasteiger partial charge in [-0.3, -0.25) is 4.79 Å². The molecule has 0 aliphatic rings. The second kappa shape index (κ2) is 6.61. The average molecular weight is 290 g/mol. The second-order valence-electron chi connectivity index (χ2n) is 7.49. The number of benzene rings is 1. The number of carbonyl (C=O) groups excluding carboxylic acids is 1. The van der Waals surface area contributed by atoms with Gasteiger partial charge in [0.1, 0.15) is 0 Å². The summed E-state index contributed by atoms with van der Waals surface area (Å²) in [6.07, 6.45) is 0. The SMILES string of the molecule is CC(C)c1ccc(NC(=O)C(N)C(C)(C)C)c(C(C)C)c1. The van der Waals surface area contributed by atoms with Crippen LogP contribution in [0.25, 0.3) is 0 Å². The first-order valence-electron chi connectivity index (χ1n) is 7.74. The number of anilines is 1. The molecule has 1 rings (SSSR count). The summed E-state index contributed by atoms with van der Waals surface area (Å²) in [5.41, 5.74) is 9.11. The molecule has 0 aromatic heterocycles. The van der Waals surface area contributed by atoms with Gasteiger partial charge in [0.2, 0.25) is 5.91 Å². The molecular weight excluding hydrogens is 260 g/mol. The lowest BCUT2D eigenvalue weighted by Crippen LogP contribution is -2.45. The van der Waals surface area contributed by atoms with Crippen LogP contribution in [-0.4, -0.2) is 11.9 Å². The molecule has 0 aliphatic heterocycles. The highest BCUT2D eigenvalue weighted by atomic mass is 16.2. The van der Waals surface area contributed by atoms with Crippen molar-refractivity contribution in [2.45, 2.75) is 66.3 Å². The number of hydrogen-bond donors (Lipinski definition) is 2. The highest BCUT2D eigenvalue weighted by Gasteiger charge is 2.28. The normalized spacial score (nSPS) is 13.6. The van der Waals surface area contributed by atoms with E-state index < -0.39 is 6.04 Å². The van der Waals surface area contributed by atoms with Crippen molar-refractivity contribution in [2.24, 2.45) is 11.1 Å². The Labute approximate surface area is 129 Å². The first-order chi connectivity index (χ1) is 9.54. The van der Waals surface area contributed by atoms with Crippen molar-refractivity contribution in [1.29, 1.82) is 0 Å². The number of rotatable bonds is 4. The maximum atomic E-state index is 12.3. The zero-order chi connectivity index (χ0) is 16.4. The predicted molar refractivity (Wildman–Crippen MR) is 90.7 cm³/mol. The summed E-state index contributed by atoms with van der Waals surface area (Å²) >= 11 is 0. The van der Waals surface area contributed by atoms with Gasteiger partial charge in [-0.2, -0.15) is 0 Å². The van der Waals surface area contributed by atoms with Gasteiger partial charge in [0.25, 0.3) is 0 Å². The average Bonchev–Trinajstić information content (AvgIpc) is 2.36. The van der Waals surface area contributed by atoms with Crippen LogP contribution in [0.5, 0.6) is 0 Å². The number of nitrogens with one attached hydrogen (secondary N) is 1. The first-order valence-corrected chi connectivity index (χ1v) is 7.74. The fourth-order valence-corrected chi connectivity index (χ4v) is 2.14. The molecule has 3 N–H and O–H groups in total. The van der Waals surface area contributed by atoms with Crippen molar-refractivity contribution in [3.63, 3.8) is 0 Å². The quantitative estimate of drug-likeness (QED) is 0.871. The molecule has 3 nitrogen and oxygen atoms in total. The van der Waals surface area contributed by atoms with Crippen molar-refractivity contribution in [1.82, 2.24) is 0 Å². The van der Waals surface area contributed by atoms with Crippen LogP contribution >= 0.6 is 0 Å². The molecule has 0 fully saturated rings. The van der Waals surface area contributed by atoms with E-state index in [9.17, 15) is 4.79 Å². The molecule has 3 heteroatoms. The summed E-state index contributed by atoms with van der Waals surface area (Å²) in [5.74, 6) is 0.704. The molecule has 0 saturated heterocycles. The highest BCUT2D eigenvalue weighted by Crippen LogP contribution is 2.29. The van der Waals surface area contributed by atoms with E-state index in [1.54, 1.807) is 0 Å². The Kier molecular flexibility index (Phi) is 5.57. The molecule has 0 saturated carbocycles. The molecule has 1 atom stereocenters. The minimum Gasteiger partial charge on any atom is -0.324 e. The number of hydrogen-bond acceptors (Lipinski definition) is 2. The lowest BCUT2D eigenvalue weighted by Gasteiger charge is -2.26. The molecule has 1 aromatic carbocycles. The third-order valence-corrected chi connectivity index (χ3v) is 3.84. The zero-order valence-corrected chi connectivity index (χ0v) is 14.4. The van der Waals surface area contributed by atoms with Crippen LogP contribution in [0, 0.1) is 5.41 Å². The van der Waals surface area contributed by atoms with Gasteiger partial charge in [-0.1, -0.05) is 60.6 Å². The van der Waals surface area contributed by atoms with Crippen molar-refractivity contribution in [3.05, 3.63) is 29.3 Å². The minimum absolute atomic E-state index is 0.123. The standard InChI is InChI=1S/C18H30N2O/c1-11(2)13-8-9-15(14(10-13)12(3)4)20-17(21)16(19)18(5,6)7/h8-12,16H,19H2,1-7H3,(H,20,21). The third kappa shape index (κ3) is 4.57. The van der Waals surface area contributed by atoms with E-state index in [0.717, 1.165) is 11.3 Å². The number of carbonyl (C=O) groups is 1. The second-order valence-corrected chi connectivity index (χ2v) is 7.49. The summed E-state index contributed by atoms with van der Waals surface area (Å²) < 4.78 is 0. The van der Waals surface area contributed by atoms with E-state index >= 15 is 0 Å². The molecule has 1 amide bonds. The molecule has 118 valence electrons. The van der Waals surface area contributed by atoms with Gasteiger partial charge in [0.05, 0.1) is 6.04 Å². The van der Waals surface area contributed by atoms with Gasteiger partial charge >= 0.3 is 0 Å². The molecule has 0 aliphatic carbocycles. The number of amides is 1. The third-order valence-electron chi connectivity index (χ3n) is 3.84. The Hall–Kier alpha value is -1.35. The zero-order valence-electron chi connectivity index (χ0n) is 14.4. The van der Waals surface area contributed by atoms with Crippen LogP contribution in [-0.2, 0) is 4.79 Å². The topological polar surface area (TPSA) is 55.1 Å². The van der Waals surface area contributed by atoms with E-state index in [1.807, 2.05) is 26.8 Å². The Morgan fingerprint density at radius 1 is 1.10 bits per heavy atom. The maximum absolute atomic E-state index is 12.3. The molecular formula is C18H30N2O. The van der Waals surface area contributed by atoms with Crippen LogP contribution in [0.3, 0.4) is 0 Å². The van der Waals surface area contributed by atoms with E-state index in [-0.39, 0.29) is 11.3 Å². The van der Waals surface area contributed by atoms with Gasteiger partial charge in [0, 0.05) is 5.69 Å². The van der Waals surface area contributed by atoms with Crippen LogP contribution in [0.4, 0.5) is 5.69 Å². The van der Waals surface area contributed by atoms with Crippen molar-refractivity contribution in [2.75, 3.05) is 5.32 Å². The molecule has 1 unspecified atom stereocenters. The molecule has 0 spiro atoms. The van der Waals surface area contributed by atoms with Gasteiger partial charge in [0.15, 0.2) is 0 Å². The summed E-state index contributed by atoms with van der Waals surface area (Å²) in [5, 5.41) is 3.00. The summed E-state index contributed by atoms with van der Waals surface area (Å²) in [6, 6.07) is 5.74. The fourth-order valence-electron chi connectivity index (χ4n) is 2.14. The summed E-state index contributed by atoms with van der Waals surface area (Å²) in [6.45, 7) is 14.5. The van der Waals surface area contributed by atoms with Crippen LogP contribution in [0.15, 0.2) is 18.2 Å². The Balaban J connectivity index is 3.06. The molecule has 21 heavy (non-hydrogen) atoms. The van der Waals surface area contributed by atoms with Crippen molar-refractivity contribution >= 4 is 11.6 Å². The fraction of sp³-hybridized carbons (Fsp3) is 0.611. The van der Waals surface area contributed by atoms with Crippen molar-refractivity contribution < 1.29 is 4.79 Å². The van der Waals surface area contributed by atoms with Gasteiger partial charge in [-0.05, 0) is 34.4 Å². The Morgan fingerprint density at radius 2 is 1.67 bits per heavy atom. The highest BCUT2D eigenvalue weighted by molar-refractivity contribution is 5.96. The first kappa shape index (κ1) is 17.7. The molecule has 0 radical (unpaired) electrons. The molecule has 0 bridgehead atoms. The lowest BCUT2D eigenvalue weighted by atomic mass is 9.86. The predicted octanol–water partition coefficient (Wildman–Crippen LogP) is 4.25. The summed E-state index contributed by atoms with van der Waals surface area (Å²) in [7, 11) is 0. The van der Waals surface area contributed by atoms with E-state index in [4.69, 9.17) is 5.73 Å². The van der Waals surface area contributed by atoms with Gasteiger partial charge in [-0.25, -0.2) is 0 Å². The van der Waals surface area contributed by atoms with Gasteiger partial charge in [-0.15, -0.1) is 0 Å². The minimum atomic E-state index is -0.526. The monoisotopic (exact) mass is 290 g/mol. The van der Waals surface area contributed by atoms with Crippen LogP contribution in [0.2, 0.25) is 0 Å². The van der Waals surface area contributed by atoms with Crippen molar-refractivity contribution in [3.8, 4) is 0 Å². The molecule has 1 aromatic rings. The Bertz CT molecular complexity index is 498. The van der Waals surface area contributed by atoms with Gasteiger partial charge < -0.3 is 11.1 Å². The van der Waals surface area contributed by atoms with E-state index in [2.05, 4.69) is 45.1 Å². The largest absolute Gasteiger partial charge is 0.324 e. The number of nitrogens with two attached hydrogens (primary N) is 1. The smallest absolute Gasteiger partial charge is 0.241 e. The lowest BCUT2D eigenvalue weighted by molar-refractivity contribution is -0.119. The molecule has 0 heterocycles. The Morgan fingerprint density at radius 3 is 2.10 bits per heavy atom.